The van der Waals surface area contributed by atoms with Crippen LogP contribution in [-0.4, -0.2) is 15.5 Å². The molecule has 1 saturated carbocycles. The highest BCUT2D eigenvalue weighted by Crippen LogP contribution is 2.32. The predicted octanol–water partition coefficient (Wildman–Crippen LogP) is 3.47. The van der Waals surface area contributed by atoms with E-state index in [-0.39, 0.29) is 11.3 Å². The average molecular weight is 380 g/mol. The van der Waals surface area contributed by atoms with Crippen LogP contribution in [0.15, 0.2) is 10.6 Å². The molecule has 5 heteroatoms. The summed E-state index contributed by atoms with van der Waals surface area (Å²) in [7, 11) is 0. The van der Waals surface area contributed by atoms with Crippen LogP contribution < -0.4 is 16.0 Å². The highest BCUT2D eigenvalue weighted by Gasteiger charge is 2.25. The molecule has 0 aromatic carbocycles. The summed E-state index contributed by atoms with van der Waals surface area (Å²) in [5, 5.41) is 4.66. The lowest BCUT2D eigenvalue weighted by molar-refractivity contribution is -0.117. The number of imidazole rings is 1. The number of carbonyl (C=O) groups excluding carboxylic acids is 1. The van der Waals surface area contributed by atoms with Crippen LogP contribution in [0.3, 0.4) is 0 Å². The molecule has 0 atom stereocenters. The van der Waals surface area contributed by atoms with Crippen molar-refractivity contribution >= 4 is 40.4 Å². The largest absolute Gasteiger partial charge is 0.307 e. The van der Waals surface area contributed by atoms with E-state index in [0.717, 1.165) is 28.0 Å². The molecule has 0 bridgehead atoms. The molecule has 1 aromatic rings. The molecule has 2 rings (SSSR count). The van der Waals surface area contributed by atoms with Crippen molar-refractivity contribution in [1.82, 2.24) is 9.55 Å². The van der Waals surface area contributed by atoms with Gasteiger partial charge < -0.3 is 4.57 Å². The van der Waals surface area contributed by atoms with Crippen molar-refractivity contribution in [3.05, 3.63) is 21.3 Å². The lowest BCUT2D eigenvalue weighted by Gasteiger charge is -2.28. The van der Waals surface area contributed by atoms with E-state index in [4.69, 9.17) is 0 Å². The van der Waals surface area contributed by atoms with E-state index >= 15 is 0 Å². The van der Waals surface area contributed by atoms with Gasteiger partial charge in [-0.25, -0.2) is 4.98 Å². The minimum atomic E-state index is -0.0456. The van der Waals surface area contributed by atoms with Crippen molar-refractivity contribution in [3.8, 4) is 0 Å². The fourth-order valence-corrected chi connectivity index (χ4v) is 2.72. The van der Waals surface area contributed by atoms with Crippen molar-refractivity contribution < 1.29 is 4.79 Å². The fraction of sp³-hybridized carbons (Fsp3) is 0.556. The summed E-state index contributed by atoms with van der Waals surface area (Å²) >= 11 is 3.41. The van der Waals surface area contributed by atoms with Crippen LogP contribution in [0.1, 0.15) is 59.4 Å². The first kappa shape index (κ1) is 18.0. The van der Waals surface area contributed by atoms with Gasteiger partial charge in [-0.1, -0.05) is 49.4 Å². The van der Waals surface area contributed by atoms with Gasteiger partial charge in [0.05, 0.1) is 10.7 Å². The Hall–Kier alpha value is -1.36. The Labute approximate surface area is 146 Å². The molecule has 0 aliphatic heterocycles. The molecular weight excluding hydrogens is 354 g/mol. The average Bonchev–Trinajstić information content (AvgIpc) is 2.60. The number of aromatic nitrogens is 2. The maximum Gasteiger partial charge on any atom is 0.227 e. The summed E-state index contributed by atoms with van der Waals surface area (Å²) in [6.07, 6.45) is 7.80. The zero-order valence-electron chi connectivity index (χ0n) is 14.4. The maximum atomic E-state index is 12.3. The van der Waals surface area contributed by atoms with Crippen LogP contribution in [0.25, 0.3) is 12.7 Å². The highest BCUT2D eigenvalue weighted by atomic mass is 79.9. The van der Waals surface area contributed by atoms with Gasteiger partial charge in [-0.3, -0.25) is 10.1 Å². The Bertz CT molecular complexity index is 717. The molecule has 126 valence electrons. The first-order chi connectivity index (χ1) is 10.7. The molecule has 0 saturated heterocycles. The summed E-state index contributed by atoms with van der Waals surface area (Å²) in [6.45, 7) is 12.3. The standard InChI is InChI=1S/C18H26BrN3O/c1-12(19)9-10-15-13(2)22(14-7-6-8-14)17(20-15)21-16(23)11-18(3,4)5/h9-10,14H,2,6-8,11H2,1,3-5H3,(H,20,21,23)/b12-9+,15-10+. The van der Waals surface area contributed by atoms with Crippen molar-refractivity contribution in [2.24, 2.45) is 5.41 Å². The van der Waals surface area contributed by atoms with Crippen molar-refractivity contribution in [1.29, 1.82) is 0 Å². The third kappa shape index (κ3) is 4.80. The van der Waals surface area contributed by atoms with Gasteiger partial charge in [0.15, 0.2) is 0 Å². The Morgan fingerprint density at radius 3 is 2.61 bits per heavy atom. The molecule has 1 amide bonds. The molecule has 23 heavy (non-hydrogen) atoms. The van der Waals surface area contributed by atoms with Crippen LogP contribution in [0.2, 0.25) is 0 Å². The predicted molar refractivity (Wildman–Crippen MR) is 99.7 cm³/mol. The quantitative estimate of drug-likeness (QED) is 0.870. The first-order valence-corrected chi connectivity index (χ1v) is 8.88. The smallest absolute Gasteiger partial charge is 0.227 e. The zero-order chi connectivity index (χ0) is 17.2. The van der Waals surface area contributed by atoms with Crippen LogP contribution >= 0.6 is 15.9 Å². The number of anilines is 1. The minimum Gasteiger partial charge on any atom is -0.307 e. The molecule has 4 nitrogen and oxygen atoms in total. The van der Waals surface area contributed by atoms with Gasteiger partial charge in [0.1, 0.15) is 0 Å². The Morgan fingerprint density at radius 2 is 2.13 bits per heavy atom. The summed E-state index contributed by atoms with van der Waals surface area (Å²) in [4.78, 5) is 16.9. The first-order valence-electron chi connectivity index (χ1n) is 8.08. The Kier molecular flexibility index (Phi) is 5.50. The van der Waals surface area contributed by atoms with Gasteiger partial charge in [-0.15, -0.1) is 0 Å². The highest BCUT2D eigenvalue weighted by molar-refractivity contribution is 9.11. The van der Waals surface area contributed by atoms with Gasteiger partial charge >= 0.3 is 0 Å². The number of amides is 1. The second-order valence-corrected chi connectivity index (χ2v) is 8.68. The maximum absolute atomic E-state index is 12.3. The van der Waals surface area contributed by atoms with E-state index in [2.05, 4.69) is 58.1 Å². The number of hydrogen-bond donors (Lipinski definition) is 1. The van der Waals surface area contributed by atoms with Gasteiger partial charge in [-0.2, -0.15) is 0 Å². The van der Waals surface area contributed by atoms with E-state index in [1.165, 1.54) is 6.42 Å². The van der Waals surface area contributed by atoms with E-state index in [0.29, 0.717) is 18.4 Å². The lowest BCUT2D eigenvalue weighted by atomic mass is 9.92. The molecule has 0 spiro atoms. The van der Waals surface area contributed by atoms with Crippen LogP contribution in [0.5, 0.6) is 0 Å². The minimum absolute atomic E-state index is 0.00170. The second-order valence-electron chi connectivity index (χ2n) is 7.43. The summed E-state index contributed by atoms with van der Waals surface area (Å²) in [5.74, 6) is 0.627. The molecule has 1 aromatic heterocycles. The Balaban J connectivity index is 2.36. The van der Waals surface area contributed by atoms with Crippen LogP contribution in [0, 0.1) is 5.41 Å². The van der Waals surface area contributed by atoms with E-state index in [9.17, 15) is 4.79 Å². The normalized spacial score (nSPS) is 17.3. The number of nitrogens with zero attached hydrogens (tertiary/aromatic N) is 2. The van der Waals surface area contributed by atoms with Crippen molar-refractivity contribution in [2.75, 3.05) is 5.32 Å². The van der Waals surface area contributed by atoms with Crippen molar-refractivity contribution in [2.45, 2.75) is 59.4 Å². The zero-order valence-corrected chi connectivity index (χ0v) is 16.0. The number of carbonyl (C=O) groups is 1. The lowest BCUT2D eigenvalue weighted by Crippen LogP contribution is -2.34. The molecule has 0 radical (unpaired) electrons. The number of rotatable bonds is 4. The molecule has 1 aliphatic rings. The summed E-state index contributed by atoms with van der Waals surface area (Å²) in [5.41, 5.74) is -0.0456. The monoisotopic (exact) mass is 379 g/mol. The number of halogens is 1. The fourth-order valence-electron chi connectivity index (χ4n) is 2.59. The number of hydrogen-bond acceptors (Lipinski definition) is 2. The van der Waals surface area contributed by atoms with Gasteiger partial charge in [0.2, 0.25) is 11.9 Å². The van der Waals surface area contributed by atoms with Gasteiger partial charge in [0.25, 0.3) is 0 Å². The topological polar surface area (TPSA) is 46.9 Å². The molecule has 1 N–H and O–H groups in total. The third-order valence-electron chi connectivity index (χ3n) is 3.89. The van der Waals surface area contributed by atoms with E-state index in [1.807, 2.05) is 19.1 Å². The molecule has 0 unspecified atom stereocenters. The van der Waals surface area contributed by atoms with E-state index in [1.54, 1.807) is 0 Å². The molecule has 1 heterocycles. The number of nitrogens with one attached hydrogen (secondary N) is 1. The second kappa shape index (κ2) is 7.04. The Morgan fingerprint density at radius 1 is 1.48 bits per heavy atom. The van der Waals surface area contributed by atoms with Crippen molar-refractivity contribution in [3.63, 3.8) is 0 Å². The van der Waals surface area contributed by atoms with Gasteiger partial charge in [-0.05, 0) is 42.2 Å². The van der Waals surface area contributed by atoms with Crippen LogP contribution in [-0.2, 0) is 4.79 Å². The molecule has 1 aliphatic carbocycles. The summed E-state index contributed by atoms with van der Waals surface area (Å²) in [6, 6.07) is 0.399. The van der Waals surface area contributed by atoms with E-state index < -0.39 is 0 Å². The molecule has 1 fully saturated rings. The third-order valence-corrected chi connectivity index (χ3v) is 4.16. The summed E-state index contributed by atoms with van der Waals surface area (Å²) < 4.78 is 3.11. The molecular formula is C18H26BrN3O. The van der Waals surface area contributed by atoms with Crippen LogP contribution in [0.4, 0.5) is 5.95 Å². The SMILES string of the molecule is C=c1/c(=C\C=C(/C)Br)nc(NC(=O)CC(C)(C)C)n1C1CCC1. The number of allylic oxidation sites excluding steroid dienone is 2. The van der Waals surface area contributed by atoms with Gasteiger partial charge in [0, 0.05) is 12.5 Å².